The van der Waals surface area contributed by atoms with Gasteiger partial charge in [0.1, 0.15) is 0 Å². The van der Waals surface area contributed by atoms with Crippen LogP contribution in [0.2, 0.25) is 0 Å². The van der Waals surface area contributed by atoms with Gasteiger partial charge in [0.25, 0.3) is 0 Å². The third-order valence-electron chi connectivity index (χ3n) is 3.79. The summed E-state index contributed by atoms with van der Waals surface area (Å²) in [7, 11) is 1.50. The predicted molar refractivity (Wildman–Crippen MR) is 61.1 cm³/mol. The molecule has 0 amide bonds. The molecule has 1 saturated carbocycles. The lowest BCUT2D eigenvalue weighted by Crippen LogP contribution is -2.45. The van der Waals surface area contributed by atoms with Gasteiger partial charge >= 0.3 is 5.97 Å². The van der Waals surface area contributed by atoms with E-state index < -0.39 is 0 Å². The van der Waals surface area contributed by atoms with E-state index in [9.17, 15) is 4.79 Å². The summed E-state index contributed by atoms with van der Waals surface area (Å²) in [5, 5.41) is 3.39. The van der Waals surface area contributed by atoms with E-state index >= 15 is 0 Å². The smallest absolute Gasteiger partial charge is 0.308 e. The Hall–Kier alpha value is -0.280. The summed E-state index contributed by atoms with van der Waals surface area (Å²) in [6.45, 7) is 2.12. The molecule has 0 spiro atoms. The second-order valence-corrected chi connectivity index (χ2v) is 4.48. The number of carbonyl (C=O) groups is 1. The number of fused-ring (bicyclic) bond motifs is 1. The summed E-state index contributed by atoms with van der Waals surface area (Å²) in [5.41, 5.74) is 0. The SMILES string of the molecule is COC(=O)C1CCCC2CCNCC21.Cl. The molecule has 4 heteroatoms. The average molecular weight is 234 g/mol. The van der Waals surface area contributed by atoms with Crippen LogP contribution in [-0.2, 0) is 9.53 Å². The van der Waals surface area contributed by atoms with Crippen molar-refractivity contribution in [2.24, 2.45) is 17.8 Å². The van der Waals surface area contributed by atoms with Crippen LogP contribution in [0, 0.1) is 17.8 Å². The number of hydrogen-bond donors (Lipinski definition) is 1. The third-order valence-corrected chi connectivity index (χ3v) is 3.79. The second-order valence-electron chi connectivity index (χ2n) is 4.48. The Balaban J connectivity index is 0.00000112. The van der Waals surface area contributed by atoms with Gasteiger partial charge in [0, 0.05) is 0 Å². The van der Waals surface area contributed by atoms with Gasteiger partial charge in [-0.15, -0.1) is 12.4 Å². The molecule has 3 atom stereocenters. The average Bonchev–Trinajstić information content (AvgIpc) is 2.27. The molecule has 2 rings (SSSR count). The normalized spacial score (nSPS) is 34.9. The van der Waals surface area contributed by atoms with Gasteiger partial charge in [-0.2, -0.15) is 0 Å². The van der Waals surface area contributed by atoms with Gasteiger partial charge in [-0.1, -0.05) is 12.8 Å². The molecule has 3 unspecified atom stereocenters. The van der Waals surface area contributed by atoms with Crippen molar-refractivity contribution < 1.29 is 9.53 Å². The highest BCUT2D eigenvalue weighted by molar-refractivity contribution is 5.85. The molecule has 2 fully saturated rings. The molecule has 15 heavy (non-hydrogen) atoms. The van der Waals surface area contributed by atoms with Crippen molar-refractivity contribution in [2.45, 2.75) is 25.7 Å². The minimum atomic E-state index is 0. The number of ether oxygens (including phenoxy) is 1. The Morgan fingerprint density at radius 3 is 2.87 bits per heavy atom. The Morgan fingerprint density at radius 2 is 2.13 bits per heavy atom. The maximum Gasteiger partial charge on any atom is 0.308 e. The number of rotatable bonds is 1. The highest BCUT2D eigenvalue weighted by Crippen LogP contribution is 2.38. The molecule has 2 aliphatic rings. The molecule has 0 bridgehead atoms. The Labute approximate surface area is 97.4 Å². The first-order chi connectivity index (χ1) is 6.83. The van der Waals surface area contributed by atoms with Crippen LogP contribution in [0.15, 0.2) is 0 Å². The van der Waals surface area contributed by atoms with E-state index in [0.717, 1.165) is 25.4 Å². The van der Waals surface area contributed by atoms with E-state index in [2.05, 4.69) is 5.32 Å². The van der Waals surface area contributed by atoms with Crippen LogP contribution in [0.5, 0.6) is 0 Å². The van der Waals surface area contributed by atoms with Crippen LogP contribution in [0.4, 0.5) is 0 Å². The summed E-state index contributed by atoms with van der Waals surface area (Å²) < 4.78 is 4.87. The minimum absolute atomic E-state index is 0. The topological polar surface area (TPSA) is 38.3 Å². The predicted octanol–water partition coefficient (Wildman–Crippen LogP) is 1.61. The van der Waals surface area contributed by atoms with Gasteiger partial charge in [-0.25, -0.2) is 0 Å². The first-order valence-corrected chi connectivity index (χ1v) is 5.61. The number of methoxy groups -OCH3 is 1. The first-order valence-electron chi connectivity index (χ1n) is 5.61. The third kappa shape index (κ3) is 2.64. The molecule has 1 N–H and O–H groups in total. The van der Waals surface area contributed by atoms with Crippen molar-refractivity contribution in [3.8, 4) is 0 Å². The molecule has 0 aromatic carbocycles. The highest BCUT2D eigenvalue weighted by Gasteiger charge is 2.38. The minimum Gasteiger partial charge on any atom is -0.469 e. The van der Waals surface area contributed by atoms with Crippen LogP contribution in [0.25, 0.3) is 0 Å². The fraction of sp³-hybridized carbons (Fsp3) is 0.909. The van der Waals surface area contributed by atoms with E-state index in [-0.39, 0.29) is 24.3 Å². The number of nitrogens with one attached hydrogen (secondary N) is 1. The molecule has 3 nitrogen and oxygen atoms in total. The monoisotopic (exact) mass is 233 g/mol. The van der Waals surface area contributed by atoms with Gasteiger partial charge in [0.2, 0.25) is 0 Å². The largest absolute Gasteiger partial charge is 0.469 e. The lowest BCUT2D eigenvalue weighted by atomic mass is 9.69. The maximum atomic E-state index is 11.6. The van der Waals surface area contributed by atoms with Crippen LogP contribution in [-0.4, -0.2) is 26.2 Å². The number of esters is 1. The lowest BCUT2D eigenvalue weighted by Gasteiger charge is -2.40. The summed E-state index contributed by atoms with van der Waals surface area (Å²) in [4.78, 5) is 11.6. The molecule has 1 aliphatic heterocycles. The molecule has 0 aromatic rings. The Morgan fingerprint density at radius 1 is 1.33 bits per heavy atom. The van der Waals surface area contributed by atoms with Crippen molar-refractivity contribution in [3.63, 3.8) is 0 Å². The van der Waals surface area contributed by atoms with Gasteiger partial charge in [0.05, 0.1) is 13.0 Å². The zero-order chi connectivity index (χ0) is 9.97. The Bertz CT molecular complexity index is 221. The quantitative estimate of drug-likeness (QED) is 0.700. The van der Waals surface area contributed by atoms with Crippen molar-refractivity contribution >= 4 is 18.4 Å². The van der Waals surface area contributed by atoms with E-state index in [0.29, 0.717) is 5.92 Å². The molecule has 88 valence electrons. The maximum absolute atomic E-state index is 11.6. The van der Waals surface area contributed by atoms with E-state index in [1.807, 2.05) is 0 Å². The summed E-state index contributed by atoms with van der Waals surface area (Å²) in [5.74, 6) is 1.45. The van der Waals surface area contributed by atoms with Crippen LogP contribution in [0.3, 0.4) is 0 Å². The number of hydrogen-bond acceptors (Lipinski definition) is 3. The van der Waals surface area contributed by atoms with Crippen LogP contribution >= 0.6 is 12.4 Å². The van der Waals surface area contributed by atoms with Gasteiger partial charge in [-0.3, -0.25) is 4.79 Å². The fourth-order valence-electron chi connectivity index (χ4n) is 3.02. The van der Waals surface area contributed by atoms with E-state index in [1.54, 1.807) is 0 Å². The molecular weight excluding hydrogens is 214 g/mol. The lowest BCUT2D eigenvalue weighted by molar-refractivity contribution is -0.150. The van der Waals surface area contributed by atoms with Crippen molar-refractivity contribution in [2.75, 3.05) is 20.2 Å². The number of halogens is 1. The zero-order valence-corrected chi connectivity index (χ0v) is 10.0. The molecular formula is C11H20ClNO2. The zero-order valence-electron chi connectivity index (χ0n) is 9.20. The number of piperidine rings is 1. The summed E-state index contributed by atoms with van der Waals surface area (Å²) in [6.07, 6.45) is 4.76. The molecule has 1 heterocycles. The molecule has 1 saturated heterocycles. The molecule has 0 aromatic heterocycles. The van der Waals surface area contributed by atoms with Crippen molar-refractivity contribution in [1.82, 2.24) is 5.32 Å². The van der Waals surface area contributed by atoms with Gasteiger partial charge in [0.15, 0.2) is 0 Å². The fourth-order valence-corrected chi connectivity index (χ4v) is 3.02. The summed E-state index contributed by atoms with van der Waals surface area (Å²) >= 11 is 0. The summed E-state index contributed by atoms with van der Waals surface area (Å²) in [6, 6.07) is 0. The first kappa shape index (κ1) is 12.8. The van der Waals surface area contributed by atoms with Crippen molar-refractivity contribution in [3.05, 3.63) is 0 Å². The molecule has 0 radical (unpaired) electrons. The highest BCUT2D eigenvalue weighted by atomic mass is 35.5. The van der Waals surface area contributed by atoms with Crippen LogP contribution in [0.1, 0.15) is 25.7 Å². The van der Waals surface area contributed by atoms with E-state index in [4.69, 9.17) is 4.74 Å². The Kier molecular flexibility index (Phi) is 4.87. The molecule has 1 aliphatic carbocycles. The second kappa shape index (κ2) is 5.71. The number of carbonyl (C=O) groups excluding carboxylic acids is 1. The van der Waals surface area contributed by atoms with Crippen LogP contribution < -0.4 is 5.32 Å². The van der Waals surface area contributed by atoms with Gasteiger partial charge in [-0.05, 0) is 37.8 Å². The van der Waals surface area contributed by atoms with E-state index in [1.165, 1.54) is 26.4 Å². The standard InChI is InChI=1S/C11H19NO2.ClH/c1-14-11(13)9-4-2-3-8-5-6-12-7-10(8)9;/h8-10,12H,2-7H2,1H3;1H. The van der Waals surface area contributed by atoms with Crippen molar-refractivity contribution in [1.29, 1.82) is 0 Å². The van der Waals surface area contributed by atoms with Gasteiger partial charge < -0.3 is 10.1 Å².